The smallest absolute Gasteiger partial charge is 0.322 e. The van der Waals surface area contributed by atoms with Crippen LogP contribution in [0.5, 0.6) is 0 Å². The molecule has 0 atom stereocenters. The third kappa shape index (κ3) is 5.64. The Bertz CT molecular complexity index is 805. The second-order valence-electron chi connectivity index (χ2n) is 6.46. The summed E-state index contributed by atoms with van der Waals surface area (Å²) in [6.07, 6.45) is -3.03. The molecule has 0 saturated carbocycles. The summed E-state index contributed by atoms with van der Waals surface area (Å²) in [5.41, 5.74) is 0.186. The number of rotatable bonds is 2. The van der Waals surface area contributed by atoms with Gasteiger partial charge in [0.2, 0.25) is 0 Å². The maximum atomic E-state index is 12.5. The second-order valence-corrected chi connectivity index (χ2v) is 6.46. The molecule has 0 aliphatic rings. The number of hydrogen-bond acceptors (Lipinski definition) is 2. The van der Waals surface area contributed by atoms with Gasteiger partial charge in [-0.1, -0.05) is 5.92 Å². The molecule has 0 radical (unpaired) electrons. The van der Waals surface area contributed by atoms with E-state index in [4.69, 9.17) is 0 Å². The summed E-state index contributed by atoms with van der Waals surface area (Å²) in [5.74, 6) is 5.50. The van der Waals surface area contributed by atoms with Gasteiger partial charge in [0.25, 0.3) is 5.91 Å². The van der Waals surface area contributed by atoms with Crippen LogP contribution in [0.1, 0.15) is 42.4 Å². The van der Waals surface area contributed by atoms with Gasteiger partial charge in [0, 0.05) is 17.3 Å². The number of halogens is 3. The summed E-state index contributed by atoms with van der Waals surface area (Å²) < 4.78 is 37.5. The normalized spacial score (nSPS) is 11.4. The van der Waals surface area contributed by atoms with E-state index in [2.05, 4.69) is 22.1 Å². The molecule has 1 N–H and O–H groups in total. The average molecular weight is 346 g/mol. The van der Waals surface area contributed by atoms with Gasteiger partial charge in [0.1, 0.15) is 5.69 Å². The SMILES string of the molecule is CC(C)(C)C#Cc1ccc(C(=O)Nc2ccc(C(F)(F)F)cc2)cn1. The maximum Gasteiger partial charge on any atom is 0.416 e. The minimum atomic E-state index is -4.41. The summed E-state index contributed by atoms with van der Waals surface area (Å²) in [5, 5.41) is 2.53. The molecule has 0 aliphatic heterocycles. The number of nitrogens with zero attached hydrogens (tertiary/aromatic N) is 1. The van der Waals surface area contributed by atoms with E-state index in [-0.39, 0.29) is 11.1 Å². The second kappa shape index (κ2) is 6.98. The van der Waals surface area contributed by atoms with Crippen LogP contribution in [0.25, 0.3) is 0 Å². The number of amides is 1. The van der Waals surface area contributed by atoms with Gasteiger partial charge in [-0.2, -0.15) is 13.2 Å². The van der Waals surface area contributed by atoms with Gasteiger partial charge >= 0.3 is 6.18 Å². The minimum absolute atomic E-state index is 0.152. The average Bonchev–Trinajstić information content (AvgIpc) is 2.52. The third-order valence-electron chi connectivity index (χ3n) is 3.06. The lowest BCUT2D eigenvalue weighted by atomic mass is 9.98. The number of pyridine rings is 1. The van der Waals surface area contributed by atoms with Gasteiger partial charge in [0.15, 0.2) is 0 Å². The summed E-state index contributed by atoms with van der Waals surface area (Å²) in [6, 6.07) is 7.44. The van der Waals surface area contributed by atoms with E-state index in [9.17, 15) is 18.0 Å². The van der Waals surface area contributed by atoms with Crippen LogP contribution in [-0.4, -0.2) is 10.9 Å². The predicted molar refractivity (Wildman–Crippen MR) is 90.0 cm³/mol. The maximum absolute atomic E-state index is 12.5. The first-order valence-electron chi connectivity index (χ1n) is 7.52. The van der Waals surface area contributed by atoms with E-state index in [0.717, 1.165) is 12.1 Å². The van der Waals surface area contributed by atoms with Crippen LogP contribution in [0.3, 0.4) is 0 Å². The Morgan fingerprint density at radius 2 is 1.68 bits per heavy atom. The Balaban J connectivity index is 2.07. The van der Waals surface area contributed by atoms with E-state index in [1.54, 1.807) is 12.1 Å². The quantitative estimate of drug-likeness (QED) is 0.797. The molecular weight excluding hydrogens is 329 g/mol. The van der Waals surface area contributed by atoms with E-state index < -0.39 is 17.6 Å². The summed E-state index contributed by atoms with van der Waals surface area (Å²) in [7, 11) is 0. The zero-order valence-corrected chi connectivity index (χ0v) is 14.0. The van der Waals surface area contributed by atoms with E-state index in [1.165, 1.54) is 18.3 Å². The molecule has 2 rings (SSSR count). The Kier molecular flexibility index (Phi) is 5.17. The van der Waals surface area contributed by atoms with Crippen LogP contribution < -0.4 is 5.32 Å². The molecule has 0 bridgehead atoms. The molecule has 1 aromatic carbocycles. The number of carbonyl (C=O) groups is 1. The van der Waals surface area contributed by atoms with Gasteiger partial charge in [-0.15, -0.1) is 0 Å². The topological polar surface area (TPSA) is 42.0 Å². The van der Waals surface area contributed by atoms with E-state index >= 15 is 0 Å². The van der Waals surface area contributed by atoms with Crippen LogP contribution >= 0.6 is 0 Å². The number of carbonyl (C=O) groups excluding carboxylic acids is 1. The monoisotopic (exact) mass is 346 g/mol. The fourth-order valence-corrected chi connectivity index (χ4v) is 1.80. The van der Waals surface area contributed by atoms with Crippen LogP contribution in [-0.2, 0) is 6.18 Å². The zero-order chi connectivity index (χ0) is 18.7. The number of hydrogen-bond donors (Lipinski definition) is 1. The molecule has 130 valence electrons. The van der Waals surface area contributed by atoms with E-state index in [1.807, 2.05) is 20.8 Å². The molecule has 0 aliphatic carbocycles. The highest BCUT2D eigenvalue weighted by atomic mass is 19.4. The first-order valence-corrected chi connectivity index (χ1v) is 7.52. The molecule has 1 heterocycles. The highest BCUT2D eigenvalue weighted by molar-refractivity contribution is 6.04. The fraction of sp³-hybridized carbons (Fsp3) is 0.263. The van der Waals surface area contributed by atoms with Gasteiger partial charge in [-0.05, 0) is 63.1 Å². The molecule has 25 heavy (non-hydrogen) atoms. The highest BCUT2D eigenvalue weighted by Gasteiger charge is 2.29. The molecule has 1 aromatic heterocycles. The fourth-order valence-electron chi connectivity index (χ4n) is 1.80. The Morgan fingerprint density at radius 3 is 2.16 bits per heavy atom. The van der Waals surface area contributed by atoms with Crippen molar-refractivity contribution in [2.24, 2.45) is 5.41 Å². The van der Waals surface area contributed by atoms with Crippen molar-refractivity contribution >= 4 is 11.6 Å². The molecule has 0 unspecified atom stereocenters. The van der Waals surface area contributed by atoms with Crippen molar-refractivity contribution in [3.63, 3.8) is 0 Å². The molecule has 1 amide bonds. The van der Waals surface area contributed by atoms with Gasteiger partial charge < -0.3 is 5.32 Å². The van der Waals surface area contributed by atoms with Crippen molar-refractivity contribution in [3.8, 4) is 11.8 Å². The van der Waals surface area contributed by atoms with Crippen LogP contribution in [0.15, 0.2) is 42.6 Å². The first-order chi connectivity index (χ1) is 11.5. The van der Waals surface area contributed by atoms with E-state index in [0.29, 0.717) is 11.3 Å². The minimum Gasteiger partial charge on any atom is -0.322 e. The molecule has 0 spiro atoms. The lowest BCUT2D eigenvalue weighted by Gasteiger charge is -2.09. The lowest BCUT2D eigenvalue weighted by molar-refractivity contribution is -0.137. The number of nitrogens with one attached hydrogen (secondary N) is 1. The molecule has 2 aromatic rings. The Labute approximate surface area is 144 Å². The number of alkyl halides is 3. The molecule has 3 nitrogen and oxygen atoms in total. The number of benzene rings is 1. The van der Waals surface area contributed by atoms with Crippen molar-refractivity contribution in [1.29, 1.82) is 0 Å². The van der Waals surface area contributed by atoms with Gasteiger partial charge in [-0.3, -0.25) is 4.79 Å². The zero-order valence-electron chi connectivity index (χ0n) is 14.0. The van der Waals surface area contributed by atoms with Crippen LogP contribution in [0.4, 0.5) is 18.9 Å². The van der Waals surface area contributed by atoms with Crippen LogP contribution in [0, 0.1) is 17.3 Å². The number of aromatic nitrogens is 1. The Morgan fingerprint density at radius 1 is 1.04 bits per heavy atom. The van der Waals surface area contributed by atoms with Crippen molar-refractivity contribution in [2.75, 3.05) is 5.32 Å². The summed E-state index contributed by atoms with van der Waals surface area (Å²) in [6.45, 7) is 5.93. The molecule has 6 heteroatoms. The molecule has 0 saturated heterocycles. The molecular formula is C19H17F3N2O. The lowest BCUT2D eigenvalue weighted by Crippen LogP contribution is -2.12. The van der Waals surface area contributed by atoms with Crippen molar-refractivity contribution < 1.29 is 18.0 Å². The Hall–Kier alpha value is -2.81. The van der Waals surface area contributed by atoms with Crippen molar-refractivity contribution in [3.05, 3.63) is 59.4 Å². The number of anilines is 1. The molecule has 0 fully saturated rings. The third-order valence-corrected chi connectivity index (χ3v) is 3.06. The van der Waals surface area contributed by atoms with Gasteiger partial charge in [0.05, 0.1) is 11.1 Å². The van der Waals surface area contributed by atoms with Crippen LogP contribution in [0.2, 0.25) is 0 Å². The predicted octanol–water partition coefficient (Wildman–Crippen LogP) is 4.75. The van der Waals surface area contributed by atoms with Gasteiger partial charge in [-0.25, -0.2) is 4.98 Å². The van der Waals surface area contributed by atoms with Crippen molar-refractivity contribution in [1.82, 2.24) is 4.98 Å². The van der Waals surface area contributed by atoms with Crippen molar-refractivity contribution in [2.45, 2.75) is 26.9 Å². The summed E-state index contributed by atoms with van der Waals surface area (Å²) >= 11 is 0. The first kappa shape index (κ1) is 18.5. The largest absolute Gasteiger partial charge is 0.416 e. The standard InChI is InChI=1S/C19H17F3N2O/c1-18(2,3)11-10-15-7-4-13(12-23-15)17(25)24-16-8-5-14(6-9-16)19(20,21)22/h4-9,12H,1-3H3,(H,24,25). The highest BCUT2D eigenvalue weighted by Crippen LogP contribution is 2.29. The summed E-state index contributed by atoms with van der Waals surface area (Å²) in [4.78, 5) is 16.2.